The van der Waals surface area contributed by atoms with E-state index in [1.807, 2.05) is 52.0 Å². The Hall–Kier alpha value is -2.04. The third-order valence-electron chi connectivity index (χ3n) is 3.29. The molecule has 0 bridgehead atoms. The molecular weight excluding hydrogens is 254 g/mol. The van der Waals surface area contributed by atoms with Crippen LogP contribution in [0.3, 0.4) is 0 Å². The maximum atomic E-state index is 12.7. The third-order valence-corrected chi connectivity index (χ3v) is 3.29. The summed E-state index contributed by atoms with van der Waals surface area (Å²) in [6.07, 6.45) is 0. The first kappa shape index (κ1) is 16.0. The molecule has 0 aliphatic rings. The summed E-state index contributed by atoms with van der Waals surface area (Å²) in [6.45, 7) is 8.19. The van der Waals surface area contributed by atoms with Crippen molar-refractivity contribution in [3.05, 3.63) is 29.8 Å². The van der Waals surface area contributed by atoms with Gasteiger partial charge in [0.15, 0.2) is 5.84 Å². The van der Waals surface area contributed by atoms with Gasteiger partial charge in [-0.15, -0.1) is 0 Å². The molecule has 5 heteroatoms. The smallest absolute Gasteiger partial charge is 0.238 e. The van der Waals surface area contributed by atoms with Gasteiger partial charge in [-0.05, 0) is 31.9 Å². The molecule has 0 aromatic heterocycles. The second-order valence-electron chi connectivity index (χ2n) is 5.16. The first-order chi connectivity index (χ1) is 9.42. The van der Waals surface area contributed by atoms with E-state index in [4.69, 9.17) is 10.9 Å². The zero-order chi connectivity index (χ0) is 15.3. The number of hydrogen-bond donors (Lipinski definition) is 2. The van der Waals surface area contributed by atoms with Crippen molar-refractivity contribution in [2.24, 2.45) is 22.7 Å². The zero-order valence-electron chi connectivity index (χ0n) is 12.5. The van der Waals surface area contributed by atoms with Crippen LogP contribution in [-0.2, 0) is 4.79 Å². The van der Waals surface area contributed by atoms with Gasteiger partial charge in [-0.3, -0.25) is 4.79 Å². The van der Waals surface area contributed by atoms with E-state index in [0.29, 0.717) is 6.54 Å². The van der Waals surface area contributed by atoms with Gasteiger partial charge in [0.1, 0.15) is 5.92 Å². The lowest BCUT2D eigenvalue weighted by Crippen LogP contribution is -2.44. The fourth-order valence-electron chi connectivity index (χ4n) is 2.17. The van der Waals surface area contributed by atoms with Crippen LogP contribution in [-0.4, -0.2) is 23.5 Å². The molecule has 0 saturated carbocycles. The minimum atomic E-state index is -0.624. The number of hydrogen-bond acceptors (Lipinski definition) is 3. The van der Waals surface area contributed by atoms with Gasteiger partial charge in [0.2, 0.25) is 5.91 Å². The lowest BCUT2D eigenvalue weighted by atomic mass is 9.93. The molecule has 110 valence electrons. The Morgan fingerprint density at radius 1 is 1.35 bits per heavy atom. The summed E-state index contributed by atoms with van der Waals surface area (Å²) < 4.78 is 0. The molecule has 0 aliphatic heterocycles. The number of oxime groups is 1. The van der Waals surface area contributed by atoms with Crippen LogP contribution >= 0.6 is 0 Å². The van der Waals surface area contributed by atoms with Crippen molar-refractivity contribution in [1.29, 1.82) is 0 Å². The van der Waals surface area contributed by atoms with Crippen LogP contribution in [0.5, 0.6) is 0 Å². The molecule has 0 aliphatic carbocycles. The summed E-state index contributed by atoms with van der Waals surface area (Å²) in [6, 6.07) is 7.72. The average Bonchev–Trinajstić information content (AvgIpc) is 2.41. The molecular formula is C15H23N3O2. The topological polar surface area (TPSA) is 78.9 Å². The molecule has 0 spiro atoms. The number of carbonyl (C=O) groups excluding carboxylic acids is 1. The fraction of sp³-hybridized carbons (Fsp3) is 0.467. The normalized spacial score (nSPS) is 13.3. The van der Waals surface area contributed by atoms with Gasteiger partial charge < -0.3 is 15.8 Å². The van der Waals surface area contributed by atoms with Gasteiger partial charge >= 0.3 is 0 Å². The number of nitrogens with two attached hydrogens (primary N) is 1. The number of amidine groups is 1. The molecule has 1 rings (SSSR count). The van der Waals surface area contributed by atoms with E-state index in [-0.39, 0.29) is 17.7 Å². The summed E-state index contributed by atoms with van der Waals surface area (Å²) in [5.41, 5.74) is 7.62. The summed E-state index contributed by atoms with van der Waals surface area (Å²) in [5.74, 6) is -0.864. The highest BCUT2D eigenvalue weighted by atomic mass is 16.4. The Labute approximate surface area is 120 Å². The van der Waals surface area contributed by atoms with Crippen LogP contribution in [0.4, 0.5) is 5.69 Å². The van der Waals surface area contributed by atoms with Gasteiger partial charge in [-0.1, -0.05) is 36.7 Å². The number of aryl methyl sites for hydroxylation is 1. The van der Waals surface area contributed by atoms with E-state index in [9.17, 15) is 4.79 Å². The summed E-state index contributed by atoms with van der Waals surface area (Å²) in [5, 5.41) is 11.9. The minimum Gasteiger partial charge on any atom is -0.409 e. The number of amides is 1. The molecule has 5 nitrogen and oxygen atoms in total. The van der Waals surface area contributed by atoms with Crippen LogP contribution in [0.2, 0.25) is 0 Å². The van der Waals surface area contributed by atoms with E-state index < -0.39 is 5.92 Å². The summed E-state index contributed by atoms with van der Waals surface area (Å²) in [7, 11) is 0. The van der Waals surface area contributed by atoms with Crippen molar-refractivity contribution in [3.63, 3.8) is 0 Å². The molecule has 0 heterocycles. The Morgan fingerprint density at radius 3 is 2.30 bits per heavy atom. The second-order valence-corrected chi connectivity index (χ2v) is 5.16. The van der Waals surface area contributed by atoms with Crippen molar-refractivity contribution in [2.75, 3.05) is 11.4 Å². The Bertz CT molecular complexity index is 480. The predicted molar refractivity (Wildman–Crippen MR) is 80.9 cm³/mol. The summed E-state index contributed by atoms with van der Waals surface area (Å²) in [4.78, 5) is 14.3. The molecule has 1 atom stereocenters. The average molecular weight is 277 g/mol. The Kier molecular flexibility index (Phi) is 5.55. The Morgan fingerprint density at radius 2 is 1.90 bits per heavy atom. The van der Waals surface area contributed by atoms with E-state index >= 15 is 0 Å². The number of nitrogens with zero attached hydrogens (tertiary/aromatic N) is 2. The van der Waals surface area contributed by atoms with Crippen molar-refractivity contribution >= 4 is 17.4 Å². The number of carbonyl (C=O) groups is 1. The van der Waals surface area contributed by atoms with Crippen LogP contribution in [0.15, 0.2) is 29.4 Å². The highest BCUT2D eigenvalue weighted by Crippen LogP contribution is 2.21. The monoisotopic (exact) mass is 277 g/mol. The SMILES string of the molecule is CCN(C(=O)C(C(N)=NO)C(C)C)c1ccc(C)cc1. The molecule has 1 amide bonds. The van der Waals surface area contributed by atoms with E-state index in [2.05, 4.69) is 5.16 Å². The van der Waals surface area contributed by atoms with Gasteiger partial charge in [-0.25, -0.2) is 0 Å². The van der Waals surface area contributed by atoms with Crippen molar-refractivity contribution in [1.82, 2.24) is 0 Å². The number of anilines is 1. The van der Waals surface area contributed by atoms with Crippen LogP contribution in [0.1, 0.15) is 26.3 Å². The van der Waals surface area contributed by atoms with Crippen LogP contribution in [0.25, 0.3) is 0 Å². The molecule has 0 saturated heterocycles. The summed E-state index contributed by atoms with van der Waals surface area (Å²) >= 11 is 0. The number of benzene rings is 1. The van der Waals surface area contributed by atoms with Gasteiger partial charge in [0, 0.05) is 12.2 Å². The van der Waals surface area contributed by atoms with Gasteiger partial charge in [-0.2, -0.15) is 0 Å². The fourth-order valence-corrected chi connectivity index (χ4v) is 2.17. The molecule has 3 N–H and O–H groups in total. The molecule has 0 radical (unpaired) electrons. The first-order valence-electron chi connectivity index (χ1n) is 6.77. The van der Waals surface area contributed by atoms with E-state index in [0.717, 1.165) is 11.3 Å². The van der Waals surface area contributed by atoms with Gasteiger partial charge in [0.25, 0.3) is 0 Å². The molecule has 20 heavy (non-hydrogen) atoms. The molecule has 0 fully saturated rings. The standard InChI is InChI=1S/C15H23N3O2/c1-5-18(12-8-6-11(4)7-9-12)15(19)13(10(2)3)14(16)17-20/h6-10,13,20H,5H2,1-4H3,(H2,16,17). The highest BCUT2D eigenvalue weighted by Gasteiger charge is 2.30. The van der Waals surface area contributed by atoms with Crippen LogP contribution < -0.4 is 10.6 Å². The molecule has 1 aromatic carbocycles. The maximum Gasteiger partial charge on any atom is 0.238 e. The lowest BCUT2D eigenvalue weighted by Gasteiger charge is -2.27. The number of rotatable bonds is 5. The molecule has 1 unspecified atom stereocenters. The van der Waals surface area contributed by atoms with E-state index in [1.165, 1.54) is 0 Å². The van der Waals surface area contributed by atoms with E-state index in [1.54, 1.807) is 4.90 Å². The highest BCUT2D eigenvalue weighted by molar-refractivity contribution is 6.09. The van der Waals surface area contributed by atoms with Crippen LogP contribution in [0, 0.1) is 18.8 Å². The van der Waals surface area contributed by atoms with Crippen molar-refractivity contribution in [3.8, 4) is 0 Å². The Balaban J connectivity index is 3.10. The lowest BCUT2D eigenvalue weighted by molar-refractivity contribution is -0.121. The molecule has 1 aromatic rings. The first-order valence-corrected chi connectivity index (χ1v) is 6.77. The van der Waals surface area contributed by atoms with Gasteiger partial charge in [0.05, 0.1) is 0 Å². The predicted octanol–water partition coefficient (Wildman–Crippen LogP) is 2.37. The second kappa shape index (κ2) is 6.93. The van der Waals surface area contributed by atoms with Crippen molar-refractivity contribution in [2.45, 2.75) is 27.7 Å². The largest absolute Gasteiger partial charge is 0.409 e. The quantitative estimate of drug-likeness (QED) is 0.375. The maximum absolute atomic E-state index is 12.7. The van der Waals surface area contributed by atoms with Crippen molar-refractivity contribution < 1.29 is 10.0 Å². The minimum absolute atomic E-state index is 0.0436. The zero-order valence-corrected chi connectivity index (χ0v) is 12.5. The third kappa shape index (κ3) is 3.50.